The van der Waals surface area contributed by atoms with Crippen LogP contribution in [0.3, 0.4) is 0 Å². The van der Waals surface area contributed by atoms with E-state index in [1.807, 2.05) is 44.3 Å². The monoisotopic (exact) mass is 409 g/mol. The van der Waals surface area contributed by atoms with E-state index in [1.165, 1.54) is 11.1 Å². The van der Waals surface area contributed by atoms with Crippen LogP contribution in [0, 0.1) is 6.92 Å². The number of aromatic nitrogens is 2. The van der Waals surface area contributed by atoms with E-state index in [0.29, 0.717) is 5.56 Å². The highest BCUT2D eigenvalue weighted by atomic mass is 16.4. The maximum absolute atomic E-state index is 12.3. The molecule has 0 fully saturated rings. The van der Waals surface area contributed by atoms with Gasteiger partial charge in [-0.25, -0.2) is 9.36 Å². The average molecular weight is 410 g/mol. The summed E-state index contributed by atoms with van der Waals surface area (Å²) >= 11 is 0. The first-order valence-corrected chi connectivity index (χ1v) is 10.6. The van der Waals surface area contributed by atoms with Crippen LogP contribution in [0.5, 0.6) is 0 Å². The molecule has 0 aliphatic heterocycles. The van der Waals surface area contributed by atoms with Crippen molar-refractivity contribution in [2.75, 3.05) is 0 Å². The lowest BCUT2D eigenvalue weighted by molar-refractivity contribution is -0.688. The summed E-state index contributed by atoms with van der Waals surface area (Å²) in [4.78, 5) is 12.3. The van der Waals surface area contributed by atoms with E-state index >= 15 is 0 Å². The molecule has 0 bridgehead atoms. The molecule has 154 valence electrons. The van der Waals surface area contributed by atoms with E-state index in [2.05, 4.69) is 51.9 Å². The summed E-state index contributed by atoms with van der Waals surface area (Å²) in [5.74, 6) is -0.853. The number of carbonyl (C=O) groups is 1. The molecule has 1 aliphatic rings. The van der Waals surface area contributed by atoms with Crippen LogP contribution in [-0.4, -0.2) is 15.6 Å². The lowest BCUT2D eigenvalue weighted by atomic mass is 9.89. The van der Waals surface area contributed by atoms with Gasteiger partial charge < -0.3 is 9.67 Å². The highest BCUT2D eigenvalue weighted by Gasteiger charge is 2.32. The molecule has 5 rings (SSSR count). The zero-order chi connectivity index (χ0) is 21.5. The Balaban J connectivity index is 1.65. The van der Waals surface area contributed by atoms with Crippen LogP contribution >= 0.6 is 0 Å². The molecule has 1 aliphatic carbocycles. The average Bonchev–Trinajstić information content (AvgIpc) is 3.07. The Labute approximate surface area is 182 Å². The van der Waals surface area contributed by atoms with E-state index < -0.39 is 5.97 Å². The van der Waals surface area contributed by atoms with Gasteiger partial charge in [0.15, 0.2) is 18.9 Å². The topological polar surface area (TPSA) is 46.1 Å². The van der Waals surface area contributed by atoms with Crippen molar-refractivity contribution in [3.63, 3.8) is 0 Å². The molecule has 2 aromatic heterocycles. The van der Waals surface area contributed by atoms with Gasteiger partial charge in [0, 0.05) is 35.4 Å². The van der Waals surface area contributed by atoms with Crippen LogP contribution in [0.2, 0.25) is 0 Å². The predicted octanol–water partition coefficient (Wildman–Crippen LogP) is 4.80. The van der Waals surface area contributed by atoms with Gasteiger partial charge in [0.1, 0.15) is 0 Å². The Morgan fingerprint density at radius 2 is 1.71 bits per heavy atom. The van der Waals surface area contributed by atoms with Gasteiger partial charge in [-0.2, -0.15) is 0 Å². The van der Waals surface area contributed by atoms with Crippen LogP contribution in [0.4, 0.5) is 0 Å². The first-order chi connectivity index (χ1) is 15.0. The molecule has 2 heterocycles. The number of rotatable bonds is 4. The largest absolute Gasteiger partial charge is 0.478 e. The first-order valence-electron chi connectivity index (χ1n) is 10.6. The number of hydrogen-bond acceptors (Lipinski definition) is 1. The summed E-state index contributed by atoms with van der Waals surface area (Å²) in [6, 6.07) is 20.6. The van der Waals surface area contributed by atoms with Crippen molar-refractivity contribution in [1.82, 2.24) is 4.57 Å². The maximum atomic E-state index is 12.3. The van der Waals surface area contributed by atoms with E-state index in [1.54, 1.807) is 0 Å². The van der Waals surface area contributed by atoms with Gasteiger partial charge in [0.25, 0.3) is 0 Å². The van der Waals surface area contributed by atoms with E-state index in [-0.39, 0.29) is 0 Å². The third-order valence-electron chi connectivity index (χ3n) is 6.32. The standard InChI is InChI=1S/C27H24N2O2/c1-18-8-6-7-11-21(18)26-24(27(30)31)23-13-12-20-17-29(16-19-9-4-3-5-10-19)15-14-22(20)25(23)28(26)2/h3-11,14-15,17H,12-13,16H2,1-2H3/p+1. The number of nitrogens with zero attached hydrogens (tertiary/aromatic N) is 2. The van der Waals surface area contributed by atoms with Gasteiger partial charge in [-0.3, -0.25) is 0 Å². The van der Waals surface area contributed by atoms with Crippen LogP contribution in [0.15, 0.2) is 73.1 Å². The molecule has 0 amide bonds. The number of hydrogen-bond donors (Lipinski definition) is 1. The molecule has 0 saturated heterocycles. The highest BCUT2D eigenvalue weighted by molar-refractivity contribution is 6.01. The first kappa shape index (κ1) is 19.3. The van der Waals surface area contributed by atoms with Crippen molar-refractivity contribution in [3.8, 4) is 22.5 Å². The molecule has 31 heavy (non-hydrogen) atoms. The third-order valence-corrected chi connectivity index (χ3v) is 6.32. The third kappa shape index (κ3) is 3.25. The molecular weight excluding hydrogens is 384 g/mol. The molecule has 0 atom stereocenters. The Hall–Kier alpha value is -3.66. The van der Waals surface area contributed by atoms with Gasteiger partial charge >= 0.3 is 5.97 Å². The number of carboxylic acid groups (broad SMARTS) is 1. The maximum Gasteiger partial charge on any atom is 0.338 e. The van der Waals surface area contributed by atoms with Gasteiger partial charge in [0.05, 0.1) is 17.0 Å². The number of fused-ring (bicyclic) bond motifs is 3. The molecular formula is C27H25N2O2+. The molecule has 2 aromatic carbocycles. The van der Waals surface area contributed by atoms with Crippen molar-refractivity contribution in [3.05, 3.63) is 101 Å². The second-order valence-corrected chi connectivity index (χ2v) is 8.27. The van der Waals surface area contributed by atoms with Crippen molar-refractivity contribution < 1.29 is 14.5 Å². The van der Waals surface area contributed by atoms with Crippen LogP contribution in [-0.2, 0) is 26.4 Å². The minimum Gasteiger partial charge on any atom is -0.478 e. The normalized spacial score (nSPS) is 12.3. The second kappa shape index (κ2) is 7.55. The Morgan fingerprint density at radius 3 is 2.45 bits per heavy atom. The molecule has 4 aromatic rings. The quantitative estimate of drug-likeness (QED) is 0.492. The molecule has 0 saturated carbocycles. The molecule has 0 spiro atoms. The number of carboxylic acids is 1. The fraction of sp³-hybridized carbons (Fsp3) is 0.185. The van der Waals surface area contributed by atoms with Crippen molar-refractivity contribution in [2.24, 2.45) is 7.05 Å². The summed E-state index contributed by atoms with van der Waals surface area (Å²) in [5, 5.41) is 10.1. The fourth-order valence-electron chi connectivity index (χ4n) is 4.89. The van der Waals surface area contributed by atoms with Crippen molar-refractivity contribution >= 4 is 5.97 Å². The molecule has 0 unspecified atom stereocenters. The number of aryl methyl sites for hydroxylation is 2. The lowest BCUT2D eigenvalue weighted by Gasteiger charge is -2.17. The highest BCUT2D eigenvalue weighted by Crippen LogP contribution is 2.42. The molecule has 4 nitrogen and oxygen atoms in total. The Kier molecular flexibility index (Phi) is 4.70. The van der Waals surface area contributed by atoms with Gasteiger partial charge in [0.2, 0.25) is 0 Å². The van der Waals surface area contributed by atoms with Crippen molar-refractivity contribution in [1.29, 1.82) is 0 Å². The fourth-order valence-corrected chi connectivity index (χ4v) is 4.89. The number of benzene rings is 2. The molecule has 4 heteroatoms. The van der Waals surface area contributed by atoms with Gasteiger partial charge in [-0.05, 0) is 30.9 Å². The van der Waals surface area contributed by atoms with Gasteiger partial charge in [-0.1, -0.05) is 54.6 Å². The predicted molar refractivity (Wildman–Crippen MR) is 121 cm³/mol. The van der Waals surface area contributed by atoms with E-state index in [0.717, 1.165) is 53.0 Å². The lowest BCUT2D eigenvalue weighted by Crippen LogP contribution is -2.34. The van der Waals surface area contributed by atoms with Crippen LogP contribution in [0.25, 0.3) is 22.5 Å². The minimum atomic E-state index is -0.853. The van der Waals surface area contributed by atoms with Crippen LogP contribution in [0.1, 0.15) is 32.6 Å². The van der Waals surface area contributed by atoms with Gasteiger partial charge in [-0.15, -0.1) is 0 Å². The summed E-state index contributed by atoms with van der Waals surface area (Å²) < 4.78 is 4.29. The summed E-state index contributed by atoms with van der Waals surface area (Å²) in [7, 11) is 1.99. The molecule has 1 N–H and O–H groups in total. The zero-order valence-corrected chi connectivity index (χ0v) is 17.8. The number of aromatic carboxylic acids is 1. The van der Waals surface area contributed by atoms with E-state index in [4.69, 9.17) is 0 Å². The Bertz CT molecular complexity index is 1300. The second-order valence-electron chi connectivity index (χ2n) is 8.27. The molecule has 0 radical (unpaired) electrons. The zero-order valence-electron chi connectivity index (χ0n) is 17.8. The Morgan fingerprint density at radius 1 is 0.968 bits per heavy atom. The summed E-state index contributed by atoms with van der Waals surface area (Å²) in [6.45, 7) is 2.86. The summed E-state index contributed by atoms with van der Waals surface area (Å²) in [6.07, 6.45) is 5.89. The number of pyridine rings is 1. The SMILES string of the molecule is Cc1ccccc1-c1c(C(=O)O)c2c(n1C)-c1cc[n+](Cc3ccccc3)cc1CC2. The smallest absolute Gasteiger partial charge is 0.338 e. The van der Waals surface area contributed by atoms with Crippen LogP contribution < -0.4 is 4.57 Å². The minimum absolute atomic E-state index is 0.443. The van der Waals surface area contributed by atoms with E-state index in [9.17, 15) is 9.90 Å². The van der Waals surface area contributed by atoms with Crippen molar-refractivity contribution in [2.45, 2.75) is 26.3 Å². The summed E-state index contributed by atoms with van der Waals surface area (Å²) in [5.41, 5.74) is 8.94.